The summed E-state index contributed by atoms with van der Waals surface area (Å²) >= 11 is 11.8. The maximum Gasteiger partial charge on any atom is 0.200 e. The Balaban J connectivity index is 0.00000684. The van der Waals surface area contributed by atoms with Gasteiger partial charge in [-0.25, -0.2) is 4.99 Å². The Bertz CT molecular complexity index is 958. The second kappa shape index (κ2) is 20.0. The van der Waals surface area contributed by atoms with Gasteiger partial charge < -0.3 is 21.3 Å². The van der Waals surface area contributed by atoms with E-state index < -0.39 is 12.6 Å². The zero-order chi connectivity index (χ0) is 26.3. The lowest BCUT2D eigenvalue weighted by Gasteiger charge is -2.25. The number of hydrogen-bond donors (Lipinski definition) is 7. The van der Waals surface area contributed by atoms with Crippen LogP contribution in [0.1, 0.15) is 25.7 Å². The van der Waals surface area contributed by atoms with Gasteiger partial charge in [0.1, 0.15) is 6.29 Å². The van der Waals surface area contributed by atoms with Crippen LogP contribution in [-0.2, 0) is 0 Å². The van der Waals surface area contributed by atoms with Crippen molar-refractivity contribution in [3.05, 3.63) is 58.6 Å². The summed E-state index contributed by atoms with van der Waals surface area (Å²) in [6.45, 7) is 1.54. The Morgan fingerprint density at radius 1 is 0.868 bits per heavy atom. The van der Waals surface area contributed by atoms with Crippen LogP contribution in [0.3, 0.4) is 0 Å². The fraction of sp³-hybridized carbons (Fsp3) is 0.417. The van der Waals surface area contributed by atoms with Crippen molar-refractivity contribution in [2.75, 3.05) is 37.4 Å². The largest absolute Gasteiger partial charge is 0.370 e. The molecule has 0 spiro atoms. The zero-order valence-electron chi connectivity index (χ0n) is 21.7. The van der Waals surface area contributed by atoms with Crippen LogP contribution >= 0.6 is 48.0 Å². The summed E-state index contributed by atoms with van der Waals surface area (Å²) in [5, 5.41) is 13.9. The summed E-state index contributed by atoms with van der Waals surface area (Å²) in [6.07, 6.45) is 3.13. The van der Waals surface area contributed by atoms with Crippen LogP contribution in [0.25, 0.3) is 0 Å². The van der Waals surface area contributed by atoms with Crippen LogP contribution in [0.15, 0.2) is 58.5 Å². The normalized spacial score (nSPS) is 13.1. The number of unbranched alkanes of at least 4 members (excludes halogenated alkanes) is 3. The highest BCUT2D eigenvalue weighted by molar-refractivity contribution is 6.31. The molecule has 0 heterocycles. The van der Waals surface area contributed by atoms with E-state index in [4.69, 9.17) is 40.4 Å². The van der Waals surface area contributed by atoms with E-state index in [1.54, 1.807) is 19.2 Å². The van der Waals surface area contributed by atoms with Crippen LogP contribution in [0.4, 0.5) is 11.4 Å². The van der Waals surface area contributed by atoms with Crippen molar-refractivity contribution in [1.82, 2.24) is 16.0 Å². The van der Waals surface area contributed by atoms with Crippen LogP contribution in [-0.4, -0.2) is 51.7 Å². The lowest BCUT2D eigenvalue weighted by Crippen LogP contribution is -2.55. The standard InChI is InChI=1S/C24H38Cl2N10.2ClH/c1-30-24(36(2)20-13-9-18(26)10-14-20)35-22(28)32-16-6-4-3-5-15-31-21(27)34-23(29)33-19-11-7-17(25)8-12-19;;/h7-14,21-22,31-32H,3-6,15-16,27-28H2,1-2H3,(H,30,35)(H3,29,33,34);2*1H. The van der Waals surface area contributed by atoms with E-state index in [1.807, 2.05) is 48.3 Å². The van der Waals surface area contributed by atoms with Crippen molar-refractivity contribution < 1.29 is 0 Å². The number of anilines is 2. The molecule has 0 fully saturated rings. The van der Waals surface area contributed by atoms with Crippen molar-refractivity contribution >= 4 is 71.3 Å². The zero-order valence-corrected chi connectivity index (χ0v) is 24.8. The van der Waals surface area contributed by atoms with Crippen LogP contribution in [0.2, 0.25) is 10.0 Å². The molecule has 0 bridgehead atoms. The number of aliphatic imine (C=N–C) groups is 2. The summed E-state index contributed by atoms with van der Waals surface area (Å²) in [5.41, 5.74) is 19.8. The summed E-state index contributed by atoms with van der Waals surface area (Å²) in [6, 6.07) is 14.7. The van der Waals surface area contributed by atoms with Gasteiger partial charge in [-0.05, 0) is 74.5 Å². The molecule has 38 heavy (non-hydrogen) atoms. The van der Waals surface area contributed by atoms with Gasteiger partial charge in [0.25, 0.3) is 0 Å². The van der Waals surface area contributed by atoms with E-state index in [9.17, 15) is 0 Å². The van der Waals surface area contributed by atoms with Gasteiger partial charge in [-0.2, -0.15) is 0 Å². The first-order chi connectivity index (χ1) is 17.3. The third kappa shape index (κ3) is 14.2. The van der Waals surface area contributed by atoms with Gasteiger partial charge in [0.2, 0.25) is 0 Å². The summed E-state index contributed by atoms with van der Waals surface area (Å²) < 4.78 is 0. The van der Waals surface area contributed by atoms with Crippen molar-refractivity contribution in [1.29, 1.82) is 0 Å². The van der Waals surface area contributed by atoms with Crippen molar-refractivity contribution in [3.8, 4) is 0 Å². The Labute approximate surface area is 248 Å². The van der Waals surface area contributed by atoms with Gasteiger partial charge in [-0.3, -0.25) is 27.1 Å². The molecule has 2 aromatic rings. The molecule has 0 radical (unpaired) electrons. The molecule has 214 valence electrons. The molecule has 2 atom stereocenters. The van der Waals surface area contributed by atoms with E-state index in [0.717, 1.165) is 50.1 Å². The van der Waals surface area contributed by atoms with Crippen molar-refractivity contribution in [2.45, 2.75) is 38.3 Å². The average molecular weight is 610 g/mol. The molecule has 0 aromatic heterocycles. The first-order valence-corrected chi connectivity index (χ1v) is 12.6. The quantitative estimate of drug-likeness (QED) is 0.0788. The minimum Gasteiger partial charge on any atom is -0.370 e. The number of halogens is 4. The van der Waals surface area contributed by atoms with E-state index in [1.165, 1.54) is 0 Å². The minimum atomic E-state index is -0.573. The minimum absolute atomic E-state index is 0. The Morgan fingerprint density at radius 2 is 1.39 bits per heavy atom. The molecule has 0 saturated carbocycles. The molecule has 0 amide bonds. The second-order valence-corrected chi connectivity index (χ2v) is 8.99. The van der Waals surface area contributed by atoms with Gasteiger partial charge in [-0.15, -0.1) is 24.8 Å². The number of hydrogen-bond acceptors (Lipinski definition) is 6. The monoisotopic (exact) mass is 608 g/mol. The highest BCUT2D eigenvalue weighted by Crippen LogP contribution is 2.17. The number of nitrogens with one attached hydrogen (secondary N) is 4. The second-order valence-electron chi connectivity index (χ2n) is 8.12. The Kier molecular flexibility index (Phi) is 18.9. The number of rotatable bonds is 13. The number of benzene rings is 2. The SMILES string of the molecule is CN=C(NC(N)NCCCCCCNC(N)N=C(N)Nc1ccc(Cl)cc1)N(C)c1ccc(Cl)cc1.Cl.Cl. The fourth-order valence-corrected chi connectivity index (χ4v) is 3.56. The number of guanidine groups is 2. The molecular weight excluding hydrogens is 570 g/mol. The van der Waals surface area contributed by atoms with Gasteiger partial charge >= 0.3 is 0 Å². The Hall–Kier alpha value is -2.02. The van der Waals surface area contributed by atoms with E-state index in [-0.39, 0.29) is 30.8 Å². The molecule has 10 N–H and O–H groups in total. The Morgan fingerprint density at radius 3 is 1.95 bits per heavy atom. The fourth-order valence-electron chi connectivity index (χ4n) is 3.31. The molecule has 10 nitrogen and oxygen atoms in total. The summed E-state index contributed by atoms with van der Waals surface area (Å²) in [7, 11) is 3.64. The molecule has 0 saturated heterocycles. The molecule has 0 aliphatic heterocycles. The molecule has 0 aliphatic carbocycles. The molecule has 0 aliphatic rings. The number of nitrogens with zero attached hydrogens (tertiary/aromatic N) is 3. The van der Waals surface area contributed by atoms with E-state index in [0.29, 0.717) is 16.0 Å². The summed E-state index contributed by atoms with van der Waals surface area (Å²) in [5.74, 6) is 0.898. The molecule has 2 rings (SSSR count). The van der Waals surface area contributed by atoms with Crippen molar-refractivity contribution in [3.63, 3.8) is 0 Å². The lowest BCUT2D eigenvalue weighted by molar-refractivity contribution is 0.471. The van der Waals surface area contributed by atoms with Gasteiger partial charge in [-0.1, -0.05) is 36.0 Å². The number of nitrogens with two attached hydrogens (primary N) is 3. The maximum absolute atomic E-state index is 6.17. The first-order valence-electron chi connectivity index (χ1n) is 11.8. The van der Waals surface area contributed by atoms with E-state index >= 15 is 0 Å². The predicted molar refractivity (Wildman–Crippen MR) is 168 cm³/mol. The van der Waals surface area contributed by atoms with Gasteiger partial charge in [0.15, 0.2) is 18.2 Å². The van der Waals surface area contributed by atoms with Gasteiger partial charge in [0.05, 0.1) is 0 Å². The van der Waals surface area contributed by atoms with E-state index in [2.05, 4.69) is 31.3 Å². The third-order valence-electron chi connectivity index (χ3n) is 5.24. The summed E-state index contributed by atoms with van der Waals surface area (Å²) in [4.78, 5) is 10.4. The topological polar surface area (TPSA) is 154 Å². The first kappa shape index (κ1) is 36.0. The molecule has 14 heteroatoms. The highest BCUT2D eigenvalue weighted by Gasteiger charge is 2.11. The van der Waals surface area contributed by atoms with Crippen LogP contribution < -0.4 is 43.4 Å². The van der Waals surface area contributed by atoms with Crippen LogP contribution in [0.5, 0.6) is 0 Å². The third-order valence-corrected chi connectivity index (χ3v) is 5.75. The smallest absolute Gasteiger partial charge is 0.200 e. The maximum atomic E-state index is 6.17. The van der Waals surface area contributed by atoms with Crippen LogP contribution in [0, 0.1) is 0 Å². The highest BCUT2D eigenvalue weighted by atomic mass is 35.5. The van der Waals surface area contributed by atoms with Crippen molar-refractivity contribution in [2.24, 2.45) is 27.2 Å². The van der Waals surface area contributed by atoms with Gasteiger partial charge in [0, 0.05) is 35.5 Å². The average Bonchev–Trinajstić information content (AvgIpc) is 2.85. The lowest BCUT2D eigenvalue weighted by atomic mass is 10.2. The molecule has 2 aromatic carbocycles. The predicted octanol–water partition coefficient (Wildman–Crippen LogP) is 3.50. The molecular formula is C24H40Cl4N10. The molecule has 2 unspecified atom stereocenters.